The van der Waals surface area contributed by atoms with E-state index in [2.05, 4.69) is 54.1 Å². The Balaban J connectivity index is 4.30. The predicted molar refractivity (Wildman–Crippen MR) is 65.0 cm³/mol. The van der Waals surface area contributed by atoms with Gasteiger partial charge in [0, 0.05) is 0 Å². The van der Waals surface area contributed by atoms with E-state index in [1.54, 1.807) is 0 Å². The highest BCUT2D eigenvalue weighted by Crippen LogP contribution is 2.20. The van der Waals surface area contributed by atoms with Crippen molar-refractivity contribution in [3.8, 4) is 0 Å². The Morgan fingerprint density at radius 1 is 1.07 bits per heavy atom. The minimum absolute atomic E-state index is 0.754. The molecule has 0 spiro atoms. The topological polar surface area (TPSA) is 0 Å². The standard InChI is InChI=1S/C13H28N/c1-7-12(4)13(8-2)10-11-14(5,6)9-3/h10-13H,7-9H2,1-6H3/q+1. The Morgan fingerprint density at radius 3 is 2.00 bits per heavy atom. The van der Waals surface area contributed by atoms with Crippen molar-refractivity contribution in [3.63, 3.8) is 0 Å². The second-order valence-corrected chi connectivity index (χ2v) is 4.89. The molecule has 1 nitrogen and oxygen atoms in total. The first kappa shape index (κ1) is 13.7. The lowest BCUT2D eigenvalue weighted by Gasteiger charge is -2.24. The van der Waals surface area contributed by atoms with Crippen molar-refractivity contribution in [3.05, 3.63) is 12.3 Å². The first-order chi connectivity index (χ1) is 6.46. The fraction of sp³-hybridized carbons (Fsp3) is 0.846. The maximum absolute atomic E-state index is 2.41. The molecule has 0 aliphatic rings. The maximum atomic E-state index is 2.41. The highest BCUT2D eigenvalue weighted by molar-refractivity contribution is 4.85. The van der Waals surface area contributed by atoms with Gasteiger partial charge in [0.25, 0.3) is 0 Å². The third-order valence-electron chi connectivity index (χ3n) is 3.40. The summed E-state index contributed by atoms with van der Waals surface area (Å²) in [5.41, 5.74) is 0. The van der Waals surface area contributed by atoms with Crippen molar-refractivity contribution in [2.24, 2.45) is 11.8 Å². The van der Waals surface area contributed by atoms with Crippen LogP contribution in [0.4, 0.5) is 0 Å². The number of rotatable bonds is 6. The van der Waals surface area contributed by atoms with E-state index in [-0.39, 0.29) is 0 Å². The van der Waals surface area contributed by atoms with Crippen molar-refractivity contribution < 1.29 is 4.48 Å². The molecule has 84 valence electrons. The summed E-state index contributed by atoms with van der Waals surface area (Å²) in [4.78, 5) is 0. The summed E-state index contributed by atoms with van der Waals surface area (Å²) in [6.07, 6.45) is 7.30. The summed E-state index contributed by atoms with van der Waals surface area (Å²) in [6, 6.07) is 0. The van der Waals surface area contributed by atoms with E-state index in [0.717, 1.165) is 22.9 Å². The molecular weight excluding hydrogens is 170 g/mol. The highest BCUT2D eigenvalue weighted by Gasteiger charge is 2.13. The third kappa shape index (κ3) is 4.80. The largest absolute Gasteiger partial charge is 0.303 e. The van der Waals surface area contributed by atoms with Crippen molar-refractivity contribution >= 4 is 0 Å². The molecule has 0 saturated heterocycles. The number of allylic oxidation sites excluding steroid dienone is 1. The van der Waals surface area contributed by atoms with Gasteiger partial charge in [-0.25, -0.2) is 0 Å². The Kier molecular flexibility index (Phi) is 6.10. The average molecular weight is 198 g/mol. The van der Waals surface area contributed by atoms with Gasteiger partial charge in [0.1, 0.15) is 0 Å². The molecule has 1 heteroatoms. The van der Waals surface area contributed by atoms with Crippen LogP contribution >= 0.6 is 0 Å². The molecule has 0 aromatic rings. The van der Waals surface area contributed by atoms with Gasteiger partial charge in [0.2, 0.25) is 0 Å². The predicted octanol–water partition coefficient (Wildman–Crippen LogP) is 3.67. The van der Waals surface area contributed by atoms with Crippen molar-refractivity contribution in [2.45, 2.75) is 40.5 Å². The summed E-state index contributed by atoms with van der Waals surface area (Å²) in [5.74, 6) is 1.57. The second-order valence-electron chi connectivity index (χ2n) is 4.89. The van der Waals surface area contributed by atoms with E-state index in [0.29, 0.717) is 0 Å². The van der Waals surface area contributed by atoms with Crippen LogP contribution in [-0.2, 0) is 0 Å². The maximum Gasteiger partial charge on any atom is 0.0916 e. The fourth-order valence-electron chi connectivity index (χ4n) is 1.48. The van der Waals surface area contributed by atoms with Crippen LogP contribution in [-0.4, -0.2) is 25.1 Å². The van der Waals surface area contributed by atoms with E-state index in [9.17, 15) is 0 Å². The zero-order valence-electron chi connectivity index (χ0n) is 10.9. The molecule has 0 aromatic carbocycles. The molecule has 0 fully saturated rings. The quantitative estimate of drug-likeness (QED) is 0.571. The molecule has 0 rings (SSSR count). The lowest BCUT2D eigenvalue weighted by atomic mass is 9.89. The fourth-order valence-corrected chi connectivity index (χ4v) is 1.48. The van der Waals surface area contributed by atoms with Gasteiger partial charge in [0.05, 0.1) is 26.8 Å². The zero-order valence-corrected chi connectivity index (χ0v) is 10.9. The molecule has 0 saturated carbocycles. The van der Waals surface area contributed by atoms with Gasteiger partial charge in [-0.3, -0.25) is 0 Å². The summed E-state index contributed by atoms with van der Waals surface area (Å²) in [7, 11) is 4.50. The van der Waals surface area contributed by atoms with Crippen LogP contribution in [0.1, 0.15) is 40.5 Å². The van der Waals surface area contributed by atoms with Crippen LogP contribution in [0.15, 0.2) is 12.3 Å². The minimum Gasteiger partial charge on any atom is -0.303 e. The molecular formula is C13H28N+. The lowest BCUT2D eigenvalue weighted by Crippen LogP contribution is -2.32. The van der Waals surface area contributed by atoms with Crippen molar-refractivity contribution in [1.82, 2.24) is 0 Å². The van der Waals surface area contributed by atoms with Gasteiger partial charge < -0.3 is 4.48 Å². The van der Waals surface area contributed by atoms with Gasteiger partial charge in [-0.1, -0.05) is 27.2 Å². The van der Waals surface area contributed by atoms with E-state index in [1.165, 1.54) is 12.8 Å². The summed E-state index contributed by atoms with van der Waals surface area (Å²) < 4.78 is 0.993. The Morgan fingerprint density at radius 2 is 1.64 bits per heavy atom. The molecule has 0 heterocycles. The smallest absolute Gasteiger partial charge is 0.0916 e. The molecule has 0 aromatic heterocycles. The Bertz CT molecular complexity index is 170. The molecule has 0 aliphatic heterocycles. The summed E-state index contributed by atoms with van der Waals surface area (Å²) in [5, 5.41) is 0. The molecule has 0 aliphatic carbocycles. The molecule has 0 radical (unpaired) electrons. The molecule has 0 bridgehead atoms. The Labute approximate surface area is 90.4 Å². The second kappa shape index (κ2) is 6.23. The van der Waals surface area contributed by atoms with Crippen LogP contribution in [0.2, 0.25) is 0 Å². The van der Waals surface area contributed by atoms with Crippen molar-refractivity contribution in [2.75, 3.05) is 20.6 Å². The normalized spacial score (nSPS) is 17.3. The van der Waals surface area contributed by atoms with Crippen LogP contribution < -0.4 is 0 Å². The van der Waals surface area contributed by atoms with E-state index in [4.69, 9.17) is 0 Å². The Hall–Kier alpha value is -0.300. The molecule has 0 amide bonds. The monoisotopic (exact) mass is 198 g/mol. The molecule has 0 N–H and O–H groups in total. The van der Waals surface area contributed by atoms with Crippen LogP contribution in [0.3, 0.4) is 0 Å². The first-order valence-electron chi connectivity index (χ1n) is 5.98. The summed E-state index contributed by atoms with van der Waals surface area (Å²) >= 11 is 0. The van der Waals surface area contributed by atoms with Gasteiger partial charge >= 0.3 is 0 Å². The first-order valence-corrected chi connectivity index (χ1v) is 5.98. The van der Waals surface area contributed by atoms with Crippen LogP contribution in [0.5, 0.6) is 0 Å². The van der Waals surface area contributed by atoms with Crippen molar-refractivity contribution in [1.29, 1.82) is 0 Å². The number of hydrogen-bond donors (Lipinski definition) is 0. The minimum atomic E-state index is 0.754. The number of quaternary nitrogens is 1. The average Bonchev–Trinajstić information content (AvgIpc) is 2.18. The molecule has 14 heavy (non-hydrogen) atoms. The van der Waals surface area contributed by atoms with Crippen LogP contribution in [0.25, 0.3) is 0 Å². The SMILES string of the molecule is CCC(C)C(C=C[N+](C)(C)CC)CC. The lowest BCUT2D eigenvalue weighted by molar-refractivity contribution is -0.837. The van der Waals surface area contributed by atoms with Gasteiger partial charge in [-0.15, -0.1) is 0 Å². The third-order valence-corrected chi connectivity index (χ3v) is 3.40. The van der Waals surface area contributed by atoms with Gasteiger partial charge in [0.15, 0.2) is 0 Å². The molecule has 2 unspecified atom stereocenters. The summed E-state index contributed by atoms with van der Waals surface area (Å²) in [6.45, 7) is 10.3. The zero-order chi connectivity index (χ0) is 11.2. The highest BCUT2D eigenvalue weighted by atomic mass is 15.3. The van der Waals surface area contributed by atoms with Crippen LogP contribution in [0, 0.1) is 11.8 Å². The van der Waals surface area contributed by atoms with E-state index >= 15 is 0 Å². The molecule has 2 atom stereocenters. The van der Waals surface area contributed by atoms with E-state index in [1.807, 2.05) is 0 Å². The van der Waals surface area contributed by atoms with E-state index < -0.39 is 0 Å². The van der Waals surface area contributed by atoms with Gasteiger partial charge in [-0.05, 0) is 31.3 Å². The number of hydrogen-bond acceptors (Lipinski definition) is 0. The van der Waals surface area contributed by atoms with Gasteiger partial charge in [-0.2, -0.15) is 0 Å². The number of nitrogens with zero attached hydrogens (tertiary/aromatic N) is 1.